The average molecular weight is 920 g/mol. The fourth-order valence-corrected chi connectivity index (χ4v) is 9.05. The minimum Gasteiger partial charge on any atom is -0.462 e. The van der Waals surface area contributed by atoms with Crippen molar-refractivity contribution in [2.75, 3.05) is 13.2 Å². The molecule has 0 aliphatic rings. The monoisotopic (exact) mass is 919 g/mol. The molecule has 0 amide bonds. The lowest BCUT2D eigenvalue weighted by Gasteiger charge is -2.18. The Balaban J connectivity index is 4.30. The largest absolute Gasteiger partial charge is 0.462 e. The van der Waals surface area contributed by atoms with Gasteiger partial charge in [-0.2, -0.15) is 0 Å². The second-order valence-corrected chi connectivity index (χ2v) is 21.2. The summed E-state index contributed by atoms with van der Waals surface area (Å²) in [6, 6.07) is 0. The van der Waals surface area contributed by atoms with Crippen LogP contribution in [0.5, 0.6) is 0 Å². The first kappa shape index (κ1) is 63.4. The van der Waals surface area contributed by atoms with E-state index in [1.54, 1.807) is 0 Å². The summed E-state index contributed by atoms with van der Waals surface area (Å²) in [5, 5.41) is 0. The Morgan fingerprint density at radius 1 is 0.292 bits per heavy atom. The van der Waals surface area contributed by atoms with E-state index in [4.69, 9.17) is 14.2 Å². The van der Waals surface area contributed by atoms with Crippen molar-refractivity contribution in [2.24, 2.45) is 11.8 Å². The van der Waals surface area contributed by atoms with Crippen molar-refractivity contribution in [2.45, 2.75) is 336 Å². The zero-order chi connectivity index (χ0) is 47.5. The number of hydrogen-bond acceptors (Lipinski definition) is 6. The van der Waals surface area contributed by atoms with Gasteiger partial charge in [-0.3, -0.25) is 14.4 Å². The molecule has 0 rings (SSSR count). The Morgan fingerprint density at radius 3 is 0.754 bits per heavy atom. The van der Waals surface area contributed by atoms with E-state index in [1.165, 1.54) is 218 Å². The van der Waals surface area contributed by atoms with Gasteiger partial charge in [-0.1, -0.05) is 291 Å². The van der Waals surface area contributed by atoms with Gasteiger partial charge < -0.3 is 14.2 Å². The predicted molar refractivity (Wildman–Crippen MR) is 280 cm³/mol. The first-order chi connectivity index (χ1) is 31.7. The maximum atomic E-state index is 12.9. The third kappa shape index (κ3) is 53.2. The molecular formula is C59H114O6. The van der Waals surface area contributed by atoms with Crippen LogP contribution < -0.4 is 0 Å². The molecule has 0 unspecified atom stereocenters. The van der Waals surface area contributed by atoms with Crippen LogP contribution in [0.2, 0.25) is 0 Å². The molecule has 0 aliphatic carbocycles. The molecule has 0 saturated heterocycles. The van der Waals surface area contributed by atoms with Gasteiger partial charge in [0.1, 0.15) is 13.2 Å². The quantitative estimate of drug-likeness (QED) is 0.0344. The molecule has 0 N–H and O–H groups in total. The van der Waals surface area contributed by atoms with Gasteiger partial charge in [0.15, 0.2) is 6.10 Å². The second kappa shape index (κ2) is 51.8. The van der Waals surface area contributed by atoms with Crippen molar-refractivity contribution < 1.29 is 28.6 Å². The van der Waals surface area contributed by atoms with Crippen LogP contribution in [0.3, 0.4) is 0 Å². The van der Waals surface area contributed by atoms with E-state index in [2.05, 4.69) is 34.6 Å². The predicted octanol–water partition coefficient (Wildman–Crippen LogP) is 19.3. The van der Waals surface area contributed by atoms with Crippen LogP contribution in [-0.4, -0.2) is 37.2 Å². The molecular weight excluding hydrogens is 805 g/mol. The number of unbranched alkanes of at least 4 members (excludes halogenated alkanes) is 38. The number of rotatable bonds is 53. The van der Waals surface area contributed by atoms with E-state index in [9.17, 15) is 14.4 Å². The van der Waals surface area contributed by atoms with Crippen LogP contribution in [0.4, 0.5) is 0 Å². The third-order valence-electron chi connectivity index (χ3n) is 13.5. The second-order valence-electron chi connectivity index (χ2n) is 21.2. The zero-order valence-corrected chi connectivity index (χ0v) is 44.6. The molecule has 0 aromatic carbocycles. The van der Waals surface area contributed by atoms with Crippen LogP contribution in [0.15, 0.2) is 0 Å². The highest BCUT2D eigenvalue weighted by Gasteiger charge is 2.19. The molecule has 0 aromatic rings. The summed E-state index contributed by atoms with van der Waals surface area (Å²) >= 11 is 0. The lowest BCUT2D eigenvalue weighted by Crippen LogP contribution is -2.30. The standard InChI is InChI=1S/C59H114O6/c1-6-7-8-9-10-11-12-13-14-15-16-19-25-31-36-41-46-51-59(62)65-56(53-64-58(61)50-45-40-35-30-26-21-23-28-33-38-43-48-55(4)5)52-63-57(60)49-44-39-34-29-24-20-17-18-22-27-32-37-42-47-54(2)3/h54-56H,6-53H2,1-5H3/t56-/m1/s1. The van der Waals surface area contributed by atoms with Crippen LogP contribution in [0, 0.1) is 11.8 Å². The highest BCUT2D eigenvalue weighted by Crippen LogP contribution is 2.18. The fraction of sp³-hybridized carbons (Fsp3) is 0.949. The highest BCUT2D eigenvalue weighted by atomic mass is 16.6. The van der Waals surface area contributed by atoms with Gasteiger partial charge in [-0.05, 0) is 31.1 Å². The number of carbonyl (C=O) groups is 3. The van der Waals surface area contributed by atoms with Gasteiger partial charge in [0, 0.05) is 19.3 Å². The summed E-state index contributed by atoms with van der Waals surface area (Å²) < 4.78 is 16.9. The Labute approximate surface area is 406 Å². The summed E-state index contributed by atoms with van der Waals surface area (Å²) in [5.74, 6) is 0.828. The van der Waals surface area contributed by atoms with Crippen molar-refractivity contribution in [3.05, 3.63) is 0 Å². The molecule has 0 aliphatic heterocycles. The molecule has 1 atom stereocenters. The molecule has 6 nitrogen and oxygen atoms in total. The molecule has 0 bridgehead atoms. The lowest BCUT2D eigenvalue weighted by atomic mass is 10.0. The Hall–Kier alpha value is -1.59. The molecule has 0 radical (unpaired) electrons. The number of hydrogen-bond donors (Lipinski definition) is 0. The van der Waals surface area contributed by atoms with Crippen molar-refractivity contribution in [3.63, 3.8) is 0 Å². The summed E-state index contributed by atoms with van der Waals surface area (Å²) in [5.41, 5.74) is 0. The van der Waals surface area contributed by atoms with Crippen LogP contribution in [0.25, 0.3) is 0 Å². The molecule has 0 spiro atoms. The van der Waals surface area contributed by atoms with E-state index in [0.717, 1.165) is 69.6 Å². The van der Waals surface area contributed by atoms with Crippen LogP contribution in [0.1, 0.15) is 330 Å². The maximum Gasteiger partial charge on any atom is 0.306 e. The third-order valence-corrected chi connectivity index (χ3v) is 13.5. The smallest absolute Gasteiger partial charge is 0.306 e. The number of esters is 3. The van der Waals surface area contributed by atoms with Gasteiger partial charge in [0.25, 0.3) is 0 Å². The summed E-state index contributed by atoms with van der Waals surface area (Å²) in [4.78, 5) is 38.2. The summed E-state index contributed by atoms with van der Waals surface area (Å²) in [7, 11) is 0. The van der Waals surface area contributed by atoms with Crippen molar-refractivity contribution in [3.8, 4) is 0 Å². The maximum absolute atomic E-state index is 12.9. The van der Waals surface area contributed by atoms with Crippen molar-refractivity contribution in [1.82, 2.24) is 0 Å². The van der Waals surface area contributed by atoms with Gasteiger partial charge in [0.2, 0.25) is 0 Å². The van der Waals surface area contributed by atoms with E-state index >= 15 is 0 Å². The average Bonchev–Trinajstić information content (AvgIpc) is 3.28. The van der Waals surface area contributed by atoms with E-state index in [-0.39, 0.29) is 31.1 Å². The summed E-state index contributed by atoms with van der Waals surface area (Å²) in [6.07, 6.45) is 55.2. The molecule has 0 saturated carbocycles. The lowest BCUT2D eigenvalue weighted by molar-refractivity contribution is -0.167. The van der Waals surface area contributed by atoms with E-state index in [1.807, 2.05) is 0 Å². The Kier molecular flexibility index (Phi) is 50.5. The van der Waals surface area contributed by atoms with Gasteiger partial charge in [0.05, 0.1) is 0 Å². The molecule has 65 heavy (non-hydrogen) atoms. The van der Waals surface area contributed by atoms with E-state index < -0.39 is 6.10 Å². The Bertz CT molecular complexity index is 993. The first-order valence-electron chi connectivity index (χ1n) is 29.2. The zero-order valence-electron chi connectivity index (χ0n) is 44.6. The first-order valence-corrected chi connectivity index (χ1v) is 29.2. The van der Waals surface area contributed by atoms with Gasteiger partial charge >= 0.3 is 17.9 Å². The molecule has 6 heteroatoms. The van der Waals surface area contributed by atoms with E-state index in [0.29, 0.717) is 19.3 Å². The molecule has 0 aromatic heterocycles. The number of ether oxygens (including phenoxy) is 3. The van der Waals surface area contributed by atoms with Crippen molar-refractivity contribution in [1.29, 1.82) is 0 Å². The topological polar surface area (TPSA) is 78.9 Å². The molecule has 386 valence electrons. The Morgan fingerprint density at radius 2 is 0.508 bits per heavy atom. The molecule has 0 heterocycles. The van der Waals surface area contributed by atoms with Crippen LogP contribution in [-0.2, 0) is 28.6 Å². The SMILES string of the molecule is CCCCCCCCCCCCCCCCCCCC(=O)O[C@H](COC(=O)CCCCCCCCCCCCCCCC(C)C)COC(=O)CCCCCCCCCCCCCC(C)C. The molecule has 0 fully saturated rings. The fourth-order valence-electron chi connectivity index (χ4n) is 9.05. The van der Waals surface area contributed by atoms with Crippen molar-refractivity contribution >= 4 is 17.9 Å². The minimum atomic E-state index is -0.763. The number of carbonyl (C=O) groups excluding carboxylic acids is 3. The van der Waals surface area contributed by atoms with Gasteiger partial charge in [-0.25, -0.2) is 0 Å². The summed E-state index contributed by atoms with van der Waals surface area (Å²) in [6.45, 7) is 11.4. The highest BCUT2D eigenvalue weighted by molar-refractivity contribution is 5.71. The van der Waals surface area contributed by atoms with Gasteiger partial charge in [-0.15, -0.1) is 0 Å². The minimum absolute atomic E-state index is 0.0627. The normalized spacial score (nSPS) is 12.0. The van der Waals surface area contributed by atoms with Crippen LogP contribution >= 0.6 is 0 Å².